The van der Waals surface area contributed by atoms with Crippen LogP contribution in [-0.4, -0.2) is 20.5 Å². The number of hydrogen-bond acceptors (Lipinski definition) is 5. The highest BCUT2D eigenvalue weighted by Gasteiger charge is 2.25. The lowest BCUT2D eigenvalue weighted by molar-refractivity contribution is 0.100. The third kappa shape index (κ3) is 4.59. The molecule has 0 aliphatic rings. The Balaban J connectivity index is 1.78. The van der Waals surface area contributed by atoms with Gasteiger partial charge in [0, 0.05) is 5.56 Å². The molecule has 0 heterocycles. The number of primary amides is 1. The monoisotopic (exact) mass is 454 g/mol. The average molecular weight is 455 g/mol. The standard InChI is InChI=1S/C25H18N4O3S/c26-16-18-7-12-23(13-8-18)29(28-17-19-5-9-21(10-6-19)25(27)30)33(31,32)24-14-11-20-3-1-2-4-22(20)15-24/h1-15,17H,(H2,27,30)/b28-17+. The van der Waals surface area contributed by atoms with Crippen LogP contribution in [0.3, 0.4) is 0 Å². The van der Waals surface area contributed by atoms with E-state index < -0.39 is 15.9 Å². The largest absolute Gasteiger partial charge is 0.366 e. The van der Waals surface area contributed by atoms with E-state index in [1.807, 2.05) is 30.3 Å². The molecule has 2 N–H and O–H groups in total. The maximum Gasteiger partial charge on any atom is 0.283 e. The van der Waals surface area contributed by atoms with Crippen molar-refractivity contribution in [3.8, 4) is 6.07 Å². The van der Waals surface area contributed by atoms with Gasteiger partial charge in [0.25, 0.3) is 10.0 Å². The number of nitriles is 1. The summed E-state index contributed by atoms with van der Waals surface area (Å²) in [5.74, 6) is -0.559. The van der Waals surface area contributed by atoms with Crippen LogP contribution < -0.4 is 10.1 Å². The van der Waals surface area contributed by atoms with Gasteiger partial charge in [-0.25, -0.2) is 0 Å². The van der Waals surface area contributed by atoms with Gasteiger partial charge in [-0.3, -0.25) is 4.79 Å². The number of rotatable bonds is 6. The molecule has 0 fully saturated rings. The van der Waals surface area contributed by atoms with Gasteiger partial charge in [-0.2, -0.15) is 23.2 Å². The summed E-state index contributed by atoms with van der Waals surface area (Å²) in [7, 11) is -4.08. The average Bonchev–Trinajstić information content (AvgIpc) is 2.84. The second-order valence-electron chi connectivity index (χ2n) is 7.15. The first-order valence-corrected chi connectivity index (χ1v) is 11.3. The van der Waals surface area contributed by atoms with Gasteiger partial charge in [0.1, 0.15) is 0 Å². The van der Waals surface area contributed by atoms with Crippen LogP contribution in [0, 0.1) is 11.3 Å². The van der Waals surface area contributed by atoms with Gasteiger partial charge in [0.05, 0.1) is 28.4 Å². The number of nitrogens with two attached hydrogens (primary N) is 1. The minimum Gasteiger partial charge on any atom is -0.366 e. The molecule has 4 rings (SSSR count). The number of amides is 1. The molecular formula is C25H18N4O3S. The predicted molar refractivity (Wildman–Crippen MR) is 127 cm³/mol. The van der Waals surface area contributed by atoms with Gasteiger partial charge >= 0.3 is 0 Å². The molecule has 0 saturated heterocycles. The summed E-state index contributed by atoms with van der Waals surface area (Å²) < 4.78 is 28.1. The summed E-state index contributed by atoms with van der Waals surface area (Å²) in [4.78, 5) is 11.4. The smallest absolute Gasteiger partial charge is 0.283 e. The number of hydrogen-bond donors (Lipinski definition) is 1. The van der Waals surface area contributed by atoms with Gasteiger partial charge in [-0.1, -0.05) is 42.5 Å². The maximum absolute atomic E-state index is 13.6. The zero-order valence-corrected chi connectivity index (χ0v) is 18.1. The van der Waals surface area contributed by atoms with Crippen LogP contribution in [0.2, 0.25) is 0 Å². The third-order valence-electron chi connectivity index (χ3n) is 4.97. The van der Waals surface area contributed by atoms with Crippen LogP contribution in [-0.2, 0) is 10.0 Å². The highest BCUT2D eigenvalue weighted by atomic mass is 32.2. The van der Waals surface area contributed by atoms with Crippen LogP contribution in [0.15, 0.2) is 101 Å². The molecule has 0 aliphatic heterocycles. The zero-order valence-electron chi connectivity index (χ0n) is 17.3. The lowest BCUT2D eigenvalue weighted by Crippen LogP contribution is -2.26. The second-order valence-corrected chi connectivity index (χ2v) is 8.91. The lowest BCUT2D eigenvalue weighted by Gasteiger charge is -2.19. The SMILES string of the molecule is N#Cc1ccc(N(/N=C/c2ccc(C(N)=O)cc2)S(=O)(=O)c2ccc3ccccc3c2)cc1. The number of carbonyl (C=O) groups is 1. The van der Waals surface area contributed by atoms with E-state index in [1.54, 1.807) is 24.3 Å². The molecule has 8 heteroatoms. The van der Waals surface area contributed by atoms with Crippen LogP contribution in [0.25, 0.3) is 10.8 Å². The summed E-state index contributed by atoms with van der Waals surface area (Å²) in [6.07, 6.45) is 1.38. The summed E-state index contributed by atoms with van der Waals surface area (Å²) in [5.41, 5.74) is 6.84. The first-order valence-electron chi connectivity index (χ1n) is 9.87. The minimum atomic E-state index is -4.08. The lowest BCUT2D eigenvalue weighted by atomic mass is 10.1. The first-order chi connectivity index (χ1) is 15.9. The molecule has 162 valence electrons. The maximum atomic E-state index is 13.6. The Morgan fingerprint density at radius 2 is 1.58 bits per heavy atom. The Morgan fingerprint density at radius 1 is 0.909 bits per heavy atom. The van der Waals surface area contributed by atoms with E-state index in [0.717, 1.165) is 15.2 Å². The van der Waals surface area contributed by atoms with Crippen LogP contribution in [0.1, 0.15) is 21.5 Å². The number of sulfonamides is 1. The van der Waals surface area contributed by atoms with Crippen molar-refractivity contribution in [3.63, 3.8) is 0 Å². The van der Waals surface area contributed by atoms with E-state index in [0.29, 0.717) is 16.7 Å². The summed E-state index contributed by atoms with van der Waals surface area (Å²) in [6, 6.07) is 26.7. The molecule has 4 aromatic carbocycles. The first kappa shape index (κ1) is 21.7. The normalized spacial score (nSPS) is 11.4. The quantitative estimate of drug-likeness (QED) is 0.349. The van der Waals surface area contributed by atoms with Crippen molar-refractivity contribution in [2.24, 2.45) is 10.8 Å². The Morgan fingerprint density at radius 3 is 2.21 bits per heavy atom. The molecule has 0 saturated carbocycles. The van der Waals surface area contributed by atoms with E-state index in [1.165, 1.54) is 48.7 Å². The molecule has 0 atom stereocenters. The third-order valence-corrected chi connectivity index (χ3v) is 6.58. The highest BCUT2D eigenvalue weighted by molar-refractivity contribution is 7.92. The van der Waals surface area contributed by atoms with Gasteiger partial charge in [-0.05, 0) is 64.9 Å². The van der Waals surface area contributed by atoms with Gasteiger partial charge < -0.3 is 5.73 Å². The molecule has 0 spiro atoms. The molecule has 4 aromatic rings. The van der Waals surface area contributed by atoms with E-state index in [9.17, 15) is 13.2 Å². The fraction of sp³-hybridized carbons (Fsp3) is 0. The Bertz CT molecular complexity index is 1500. The van der Waals surface area contributed by atoms with Crippen molar-refractivity contribution in [2.45, 2.75) is 4.90 Å². The van der Waals surface area contributed by atoms with Crippen LogP contribution in [0.4, 0.5) is 5.69 Å². The fourth-order valence-electron chi connectivity index (χ4n) is 3.21. The van der Waals surface area contributed by atoms with Crippen molar-refractivity contribution in [3.05, 3.63) is 108 Å². The highest BCUT2D eigenvalue weighted by Crippen LogP contribution is 2.27. The zero-order chi connectivity index (χ0) is 23.4. The van der Waals surface area contributed by atoms with Gasteiger partial charge in [-0.15, -0.1) is 0 Å². The molecule has 1 amide bonds. The number of fused-ring (bicyclic) bond motifs is 1. The predicted octanol–water partition coefficient (Wildman–Crippen LogP) is 4.04. The van der Waals surface area contributed by atoms with Gasteiger partial charge in [0.15, 0.2) is 0 Å². The fourth-order valence-corrected chi connectivity index (χ4v) is 4.50. The van der Waals surface area contributed by atoms with E-state index in [4.69, 9.17) is 11.0 Å². The number of carbonyl (C=O) groups excluding carboxylic acids is 1. The topological polar surface area (TPSA) is 117 Å². The molecular weight excluding hydrogens is 436 g/mol. The second kappa shape index (κ2) is 8.94. The molecule has 0 unspecified atom stereocenters. The van der Waals surface area contributed by atoms with Crippen molar-refractivity contribution in [2.75, 3.05) is 4.41 Å². The van der Waals surface area contributed by atoms with Crippen molar-refractivity contribution >= 4 is 38.6 Å². The number of nitrogens with zero attached hydrogens (tertiary/aromatic N) is 3. The summed E-state index contributed by atoms with van der Waals surface area (Å²) >= 11 is 0. The van der Waals surface area contributed by atoms with Crippen LogP contribution in [0.5, 0.6) is 0 Å². The van der Waals surface area contributed by atoms with Crippen molar-refractivity contribution in [1.29, 1.82) is 5.26 Å². The number of benzene rings is 4. The number of anilines is 1. The van der Waals surface area contributed by atoms with Gasteiger partial charge in [0.2, 0.25) is 5.91 Å². The summed E-state index contributed by atoms with van der Waals surface area (Å²) in [5, 5.41) is 15.0. The molecule has 0 radical (unpaired) electrons. The van der Waals surface area contributed by atoms with E-state index >= 15 is 0 Å². The minimum absolute atomic E-state index is 0.0757. The molecule has 7 nitrogen and oxygen atoms in total. The molecule has 0 bridgehead atoms. The molecule has 33 heavy (non-hydrogen) atoms. The Kier molecular flexibility index (Phi) is 5.89. The number of hydrazone groups is 1. The van der Waals surface area contributed by atoms with E-state index in [2.05, 4.69) is 5.10 Å². The molecule has 0 aromatic heterocycles. The van der Waals surface area contributed by atoms with Crippen molar-refractivity contribution < 1.29 is 13.2 Å². The van der Waals surface area contributed by atoms with E-state index in [-0.39, 0.29) is 10.6 Å². The molecule has 0 aliphatic carbocycles. The summed E-state index contributed by atoms with van der Waals surface area (Å²) in [6.45, 7) is 0. The Hall–Kier alpha value is -4.48. The van der Waals surface area contributed by atoms with Crippen LogP contribution >= 0.6 is 0 Å². The Labute approximate surface area is 191 Å². The van der Waals surface area contributed by atoms with Crippen molar-refractivity contribution in [1.82, 2.24) is 0 Å².